The van der Waals surface area contributed by atoms with E-state index in [-0.39, 0.29) is 10.0 Å². The van der Waals surface area contributed by atoms with Crippen LogP contribution in [0.3, 0.4) is 0 Å². The average Bonchev–Trinajstić information content (AvgIpc) is 2.69. The molecule has 1 atom stereocenters. The molecule has 0 fully saturated rings. The highest BCUT2D eigenvalue weighted by Crippen LogP contribution is 2.28. The van der Waals surface area contributed by atoms with Crippen LogP contribution in [0.25, 0.3) is 0 Å². The monoisotopic (exact) mass is 301 g/mol. The summed E-state index contributed by atoms with van der Waals surface area (Å²) >= 11 is 2.92. The number of aryl methyl sites for hydroxylation is 1. The zero-order valence-corrected chi connectivity index (χ0v) is 10.6. The standard InChI is InChI=1S/C12H10BrF2NO/c1-6-7(2-3-17-6)12(16)8-4-11(15)9(13)5-10(8)14/h2-5,12H,16H2,1H3. The van der Waals surface area contributed by atoms with Crippen molar-refractivity contribution in [3.05, 3.63) is 57.5 Å². The molecular weight excluding hydrogens is 292 g/mol. The van der Waals surface area contributed by atoms with E-state index in [0.717, 1.165) is 12.1 Å². The van der Waals surface area contributed by atoms with E-state index < -0.39 is 17.7 Å². The molecule has 2 N–H and O–H groups in total. The molecule has 1 aromatic heterocycles. The predicted octanol–water partition coefficient (Wildman–Crippen LogP) is 3.68. The quantitative estimate of drug-likeness (QED) is 0.860. The maximum absolute atomic E-state index is 13.7. The Morgan fingerprint density at radius 3 is 2.53 bits per heavy atom. The number of furan rings is 1. The number of nitrogens with two attached hydrogens (primary N) is 1. The van der Waals surface area contributed by atoms with E-state index in [0.29, 0.717) is 11.3 Å². The maximum Gasteiger partial charge on any atom is 0.137 e. The van der Waals surface area contributed by atoms with E-state index in [1.807, 2.05) is 0 Å². The molecule has 0 aliphatic rings. The third-order valence-corrected chi connectivity index (χ3v) is 3.22. The number of hydrogen-bond donors (Lipinski definition) is 1. The fourth-order valence-corrected chi connectivity index (χ4v) is 1.98. The highest BCUT2D eigenvalue weighted by Gasteiger charge is 2.19. The predicted molar refractivity (Wildman–Crippen MR) is 63.5 cm³/mol. The molecule has 2 nitrogen and oxygen atoms in total. The summed E-state index contributed by atoms with van der Waals surface area (Å²) in [6, 6.07) is 3.08. The molecule has 1 heterocycles. The van der Waals surface area contributed by atoms with Gasteiger partial charge in [-0.25, -0.2) is 8.78 Å². The molecule has 0 aliphatic heterocycles. The Morgan fingerprint density at radius 2 is 1.94 bits per heavy atom. The zero-order chi connectivity index (χ0) is 12.6. The second-order valence-electron chi connectivity index (χ2n) is 3.70. The highest BCUT2D eigenvalue weighted by molar-refractivity contribution is 9.10. The van der Waals surface area contributed by atoms with Gasteiger partial charge in [-0.3, -0.25) is 0 Å². The summed E-state index contributed by atoms with van der Waals surface area (Å²) in [6.45, 7) is 1.72. The first kappa shape index (κ1) is 12.3. The van der Waals surface area contributed by atoms with Gasteiger partial charge in [-0.2, -0.15) is 0 Å². The van der Waals surface area contributed by atoms with Crippen molar-refractivity contribution in [2.75, 3.05) is 0 Å². The van der Waals surface area contributed by atoms with E-state index in [4.69, 9.17) is 10.2 Å². The van der Waals surface area contributed by atoms with Crippen molar-refractivity contribution in [2.45, 2.75) is 13.0 Å². The molecule has 0 amide bonds. The van der Waals surface area contributed by atoms with Gasteiger partial charge in [0.05, 0.1) is 16.8 Å². The van der Waals surface area contributed by atoms with Crippen LogP contribution in [0.1, 0.15) is 22.9 Å². The first-order chi connectivity index (χ1) is 8.00. The lowest BCUT2D eigenvalue weighted by atomic mass is 9.99. The van der Waals surface area contributed by atoms with E-state index in [2.05, 4.69) is 15.9 Å². The highest BCUT2D eigenvalue weighted by atomic mass is 79.9. The Kier molecular flexibility index (Phi) is 3.31. The van der Waals surface area contributed by atoms with Gasteiger partial charge in [-0.1, -0.05) is 0 Å². The van der Waals surface area contributed by atoms with E-state index in [1.165, 1.54) is 6.26 Å². The Labute approximate surface area is 106 Å². The van der Waals surface area contributed by atoms with Crippen LogP contribution < -0.4 is 5.73 Å². The number of benzene rings is 1. The SMILES string of the molecule is Cc1occc1C(N)c1cc(F)c(Br)cc1F. The molecule has 0 aliphatic carbocycles. The van der Waals surface area contributed by atoms with Gasteiger partial charge in [0, 0.05) is 11.1 Å². The normalized spacial score (nSPS) is 12.8. The third kappa shape index (κ3) is 2.25. The van der Waals surface area contributed by atoms with Crippen molar-refractivity contribution < 1.29 is 13.2 Å². The maximum atomic E-state index is 13.7. The summed E-state index contributed by atoms with van der Waals surface area (Å²) in [5.74, 6) is -0.496. The molecule has 0 saturated heterocycles. The Morgan fingerprint density at radius 1 is 1.24 bits per heavy atom. The van der Waals surface area contributed by atoms with Crippen molar-refractivity contribution >= 4 is 15.9 Å². The van der Waals surface area contributed by atoms with Crippen molar-refractivity contribution in [1.82, 2.24) is 0 Å². The van der Waals surface area contributed by atoms with Gasteiger partial charge in [-0.05, 0) is 41.1 Å². The summed E-state index contributed by atoms with van der Waals surface area (Å²) < 4.78 is 32.2. The Bertz CT molecular complexity index is 553. The van der Waals surface area contributed by atoms with Crippen molar-refractivity contribution in [1.29, 1.82) is 0 Å². The molecule has 2 rings (SSSR count). The van der Waals surface area contributed by atoms with Crippen molar-refractivity contribution in [3.8, 4) is 0 Å². The lowest BCUT2D eigenvalue weighted by Gasteiger charge is -2.13. The van der Waals surface area contributed by atoms with Gasteiger partial charge >= 0.3 is 0 Å². The van der Waals surface area contributed by atoms with Crippen molar-refractivity contribution in [3.63, 3.8) is 0 Å². The van der Waals surface area contributed by atoms with Crippen LogP contribution in [0.15, 0.2) is 33.4 Å². The van der Waals surface area contributed by atoms with Crippen LogP contribution in [0.2, 0.25) is 0 Å². The lowest BCUT2D eigenvalue weighted by molar-refractivity contribution is 0.524. The van der Waals surface area contributed by atoms with Crippen LogP contribution in [-0.2, 0) is 0 Å². The summed E-state index contributed by atoms with van der Waals surface area (Å²) in [5, 5.41) is 0. The average molecular weight is 302 g/mol. The van der Waals surface area contributed by atoms with E-state index >= 15 is 0 Å². The number of hydrogen-bond acceptors (Lipinski definition) is 2. The lowest BCUT2D eigenvalue weighted by Crippen LogP contribution is -2.14. The van der Waals surface area contributed by atoms with Crippen molar-refractivity contribution in [2.24, 2.45) is 5.73 Å². The molecule has 0 radical (unpaired) electrons. The second-order valence-corrected chi connectivity index (χ2v) is 4.55. The molecule has 1 unspecified atom stereocenters. The van der Waals surface area contributed by atoms with Crippen LogP contribution in [0.5, 0.6) is 0 Å². The molecule has 2 aromatic rings. The summed E-state index contributed by atoms with van der Waals surface area (Å²) in [7, 11) is 0. The largest absolute Gasteiger partial charge is 0.469 e. The van der Waals surface area contributed by atoms with Gasteiger partial charge < -0.3 is 10.2 Å². The molecular formula is C12H10BrF2NO. The molecule has 0 spiro atoms. The third-order valence-electron chi connectivity index (χ3n) is 2.61. The molecule has 1 aromatic carbocycles. The van der Waals surface area contributed by atoms with E-state index in [1.54, 1.807) is 13.0 Å². The molecule has 0 bridgehead atoms. The topological polar surface area (TPSA) is 39.2 Å². The minimum Gasteiger partial charge on any atom is -0.469 e. The first-order valence-electron chi connectivity index (χ1n) is 4.94. The molecule has 5 heteroatoms. The minimum absolute atomic E-state index is 0.0786. The molecule has 90 valence electrons. The van der Waals surface area contributed by atoms with Crippen LogP contribution in [0.4, 0.5) is 8.78 Å². The Balaban J connectivity index is 2.48. The van der Waals surface area contributed by atoms with Crippen LogP contribution >= 0.6 is 15.9 Å². The van der Waals surface area contributed by atoms with Gasteiger partial charge in [0.1, 0.15) is 17.4 Å². The Hall–Kier alpha value is -1.20. The van der Waals surface area contributed by atoms with Gasteiger partial charge in [0.2, 0.25) is 0 Å². The van der Waals surface area contributed by atoms with Gasteiger partial charge in [-0.15, -0.1) is 0 Å². The number of rotatable bonds is 2. The van der Waals surface area contributed by atoms with E-state index in [9.17, 15) is 8.78 Å². The summed E-state index contributed by atoms with van der Waals surface area (Å²) in [4.78, 5) is 0. The van der Waals surface area contributed by atoms with Crippen LogP contribution in [0, 0.1) is 18.6 Å². The smallest absolute Gasteiger partial charge is 0.137 e. The van der Waals surface area contributed by atoms with Gasteiger partial charge in [0.15, 0.2) is 0 Å². The second kappa shape index (κ2) is 4.58. The van der Waals surface area contributed by atoms with Gasteiger partial charge in [0.25, 0.3) is 0 Å². The number of halogens is 3. The summed E-state index contributed by atoms with van der Waals surface area (Å²) in [6.07, 6.45) is 1.47. The minimum atomic E-state index is -0.739. The van der Waals surface area contributed by atoms with Crippen LogP contribution in [-0.4, -0.2) is 0 Å². The fraction of sp³-hybridized carbons (Fsp3) is 0.167. The summed E-state index contributed by atoms with van der Waals surface area (Å²) in [5.41, 5.74) is 6.65. The zero-order valence-electron chi connectivity index (χ0n) is 9.01. The fourth-order valence-electron chi connectivity index (χ4n) is 1.66. The molecule has 17 heavy (non-hydrogen) atoms. The molecule has 0 saturated carbocycles. The first-order valence-corrected chi connectivity index (χ1v) is 5.74.